The Balaban J connectivity index is 1.69. The third kappa shape index (κ3) is 10.8. The number of benzene rings is 1. The molecule has 172 valence electrons. The molecule has 0 N–H and O–H groups in total. The summed E-state index contributed by atoms with van der Waals surface area (Å²) >= 11 is 0. The van der Waals surface area contributed by atoms with Crippen LogP contribution in [-0.2, 0) is 6.42 Å². The van der Waals surface area contributed by atoms with Gasteiger partial charge in [0.15, 0.2) is 0 Å². The number of ether oxygens (including phenoxy) is 1. The topological polar surface area (TPSA) is 22.1 Å². The lowest BCUT2D eigenvalue weighted by Gasteiger charge is -2.11. The number of aromatic nitrogens is 1. The number of pyridine rings is 1. The Kier molecular flexibility index (Phi) is 13.0. The fourth-order valence-electron chi connectivity index (χ4n) is 3.83. The molecule has 0 saturated heterocycles. The Bertz CT molecular complexity index is 683. The van der Waals surface area contributed by atoms with Gasteiger partial charge in [0.2, 0.25) is 0 Å². The van der Waals surface area contributed by atoms with E-state index in [0.29, 0.717) is 12.2 Å². The van der Waals surface area contributed by atoms with Crippen molar-refractivity contribution in [1.29, 1.82) is 0 Å². The quantitative estimate of drug-likeness (QED) is 0.235. The minimum absolute atomic E-state index is 0.112. The number of halogens is 1. The standard InChI is InChI=1S/C28H42FNO/c1-3-5-7-9-10-11-12-14-24-16-18-25(19-17-24)28-21-20-27(22-30-28)31-23-26(29)15-13-8-6-4-2/h16-22,26H,3-15,23H2,1-2H3. The molecule has 1 aromatic heterocycles. The van der Waals surface area contributed by atoms with E-state index < -0.39 is 6.17 Å². The van der Waals surface area contributed by atoms with Crippen molar-refractivity contribution in [3.05, 3.63) is 48.2 Å². The maximum absolute atomic E-state index is 13.9. The molecule has 0 fully saturated rings. The summed E-state index contributed by atoms with van der Waals surface area (Å²) < 4.78 is 19.5. The number of aryl methyl sites for hydroxylation is 1. The number of rotatable bonds is 17. The van der Waals surface area contributed by atoms with Crippen molar-refractivity contribution in [2.24, 2.45) is 0 Å². The van der Waals surface area contributed by atoms with Crippen LogP contribution in [0.3, 0.4) is 0 Å². The van der Waals surface area contributed by atoms with Gasteiger partial charge in [-0.05, 0) is 37.0 Å². The van der Waals surface area contributed by atoms with Crippen molar-refractivity contribution >= 4 is 0 Å². The first-order valence-electron chi connectivity index (χ1n) is 12.5. The largest absolute Gasteiger partial charge is 0.489 e. The third-order valence-electron chi connectivity index (χ3n) is 5.86. The summed E-state index contributed by atoms with van der Waals surface area (Å²) in [5.74, 6) is 0.635. The highest BCUT2D eigenvalue weighted by molar-refractivity contribution is 5.59. The molecule has 0 aliphatic rings. The number of unbranched alkanes of at least 4 members (excludes halogenated alkanes) is 9. The van der Waals surface area contributed by atoms with Crippen LogP contribution in [0.2, 0.25) is 0 Å². The van der Waals surface area contributed by atoms with Crippen molar-refractivity contribution in [3.63, 3.8) is 0 Å². The molecule has 0 spiro atoms. The molecule has 2 rings (SSSR count). The Morgan fingerprint density at radius 1 is 0.774 bits per heavy atom. The van der Waals surface area contributed by atoms with Gasteiger partial charge in [0.05, 0.1) is 11.9 Å². The van der Waals surface area contributed by atoms with Gasteiger partial charge < -0.3 is 4.74 Å². The molecule has 1 atom stereocenters. The van der Waals surface area contributed by atoms with E-state index in [-0.39, 0.29) is 6.61 Å². The molecule has 0 aliphatic heterocycles. The molecule has 0 aliphatic carbocycles. The first kappa shape index (κ1) is 25.4. The fraction of sp³-hybridized carbons (Fsp3) is 0.607. The summed E-state index contributed by atoms with van der Waals surface area (Å²) in [6.07, 6.45) is 16.3. The average molecular weight is 428 g/mol. The minimum Gasteiger partial charge on any atom is -0.489 e. The normalized spacial score (nSPS) is 12.1. The average Bonchev–Trinajstić information content (AvgIpc) is 2.81. The summed E-state index contributed by atoms with van der Waals surface area (Å²) in [5.41, 5.74) is 3.42. The van der Waals surface area contributed by atoms with Gasteiger partial charge in [-0.2, -0.15) is 0 Å². The molecule has 0 saturated carbocycles. The number of nitrogens with zero attached hydrogens (tertiary/aromatic N) is 1. The molecule has 1 aromatic carbocycles. The van der Waals surface area contributed by atoms with Gasteiger partial charge in [-0.25, -0.2) is 4.39 Å². The van der Waals surface area contributed by atoms with Gasteiger partial charge in [-0.3, -0.25) is 4.98 Å². The van der Waals surface area contributed by atoms with Gasteiger partial charge in [0, 0.05) is 5.56 Å². The van der Waals surface area contributed by atoms with E-state index in [1.165, 1.54) is 63.4 Å². The molecular formula is C28H42FNO. The van der Waals surface area contributed by atoms with Crippen LogP contribution in [0.4, 0.5) is 4.39 Å². The number of alkyl halides is 1. The summed E-state index contributed by atoms with van der Waals surface area (Å²) in [4.78, 5) is 4.51. The molecular weight excluding hydrogens is 385 g/mol. The maximum atomic E-state index is 13.9. The zero-order chi connectivity index (χ0) is 22.2. The van der Waals surface area contributed by atoms with E-state index in [9.17, 15) is 4.39 Å². The van der Waals surface area contributed by atoms with E-state index in [2.05, 4.69) is 43.1 Å². The Morgan fingerprint density at radius 3 is 2.06 bits per heavy atom. The smallest absolute Gasteiger partial charge is 0.137 e. The Labute approximate surface area is 189 Å². The molecule has 0 radical (unpaired) electrons. The van der Waals surface area contributed by atoms with E-state index in [1.54, 1.807) is 6.20 Å². The van der Waals surface area contributed by atoms with Gasteiger partial charge in [0.25, 0.3) is 0 Å². The van der Waals surface area contributed by atoms with Crippen LogP contribution in [0.1, 0.15) is 96.5 Å². The van der Waals surface area contributed by atoms with Crippen LogP contribution < -0.4 is 4.74 Å². The third-order valence-corrected chi connectivity index (χ3v) is 5.86. The second-order valence-corrected chi connectivity index (χ2v) is 8.71. The van der Waals surface area contributed by atoms with E-state index in [0.717, 1.165) is 30.5 Å². The predicted octanol–water partition coefficient (Wildman–Crippen LogP) is 8.73. The lowest BCUT2D eigenvalue weighted by atomic mass is 10.0. The van der Waals surface area contributed by atoms with Crippen LogP contribution in [0, 0.1) is 0 Å². The van der Waals surface area contributed by atoms with Crippen molar-refractivity contribution in [1.82, 2.24) is 4.98 Å². The Hall–Kier alpha value is -1.90. The highest BCUT2D eigenvalue weighted by Gasteiger charge is 2.08. The van der Waals surface area contributed by atoms with E-state index in [4.69, 9.17) is 4.74 Å². The first-order valence-corrected chi connectivity index (χ1v) is 12.5. The molecule has 2 nitrogen and oxygen atoms in total. The SMILES string of the molecule is CCCCCCCCCc1ccc(-c2ccc(OCC(F)CCCCCC)cn2)cc1. The molecule has 0 bridgehead atoms. The van der Waals surface area contributed by atoms with Crippen molar-refractivity contribution < 1.29 is 9.13 Å². The monoisotopic (exact) mass is 427 g/mol. The second-order valence-electron chi connectivity index (χ2n) is 8.71. The Morgan fingerprint density at radius 2 is 1.42 bits per heavy atom. The zero-order valence-corrected chi connectivity index (χ0v) is 19.8. The highest BCUT2D eigenvalue weighted by Crippen LogP contribution is 2.21. The van der Waals surface area contributed by atoms with Crippen LogP contribution in [0.5, 0.6) is 5.75 Å². The zero-order valence-electron chi connectivity index (χ0n) is 19.8. The lowest BCUT2D eigenvalue weighted by Crippen LogP contribution is -2.12. The van der Waals surface area contributed by atoms with E-state index in [1.807, 2.05) is 12.1 Å². The molecule has 1 heterocycles. The van der Waals surface area contributed by atoms with Gasteiger partial charge in [-0.15, -0.1) is 0 Å². The summed E-state index contributed by atoms with van der Waals surface area (Å²) in [7, 11) is 0. The minimum atomic E-state index is -0.902. The molecule has 0 amide bonds. The van der Waals surface area contributed by atoms with Crippen LogP contribution >= 0.6 is 0 Å². The number of hydrogen-bond acceptors (Lipinski definition) is 2. The molecule has 3 heteroatoms. The summed E-state index contributed by atoms with van der Waals surface area (Å²) in [6, 6.07) is 12.6. The maximum Gasteiger partial charge on any atom is 0.137 e. The second kappa shape index (κ2) is 15.8. The predicted molar refractivity (Wildman–Crippen MR) is 131 cm³/mol. The van der Waals surface area contributed by atoms with Crippen LogP contribution in [-0.4, -0.2) is 17.8 Å². The first-order chi connectivity index (χ1) is 15.2. The van der Waals surface area contributed by atoms with Crippen LogP contribution in [0.15, 0.2) is 42.6 Å². The van der Waals surface area contributed by atoms with Crippen LogP contribution in [0.25, 0.3) is 11.3 Å². The molecule has 31 heavy (non-hydrogen) atoms. The van der Waals surface area contributed by atoms with Gasteiger partial charge >= 0.3 is 0 Å². The number of hydrogen-bond donors (Lipinski definition) is 0. The highest BCUT2D eigenvalue weighted by atomic mass is 19.1. The van der Waals surface area contributed by atoms with Crippen molar-refractivity contribution in [3.8, 4) is 17.0 Å². The fourth-order valence-corrected chi connectivity index (χ4v) is 3.83. The van der Waals surface area contributed by atoms with Gasteiger partial charge in [0.1, 0.15) is 18.5 Å². The molecule has 1 unspecified atom stereocenters. The van der Waals surface area contributed by atoms with E-state index >= 15 is 0 Å². The van der Waals surface area contributed by atoms with Gasteiger partial charge in [-0.1, -0.05) is 102 Å². The molecule has 2 aromatic rings. The summed E-state index contributed by atoms with van der Waals surface area (Å²) in [5, 5.41) is 0. The van der Waals surface area contributed by atoms with Crippen molar-refractivity contribution in [2.75, 3.05) is 6.61 Å². The summed E-state index contributed by atoms with van der Waals surface area (Å²) in [6.45, 7) is 4.54. The lowest BCUT2D eigenvalue weighted by molar-refractivity contribution is 0.183. The van der Waals surface area contributed by atoms with Crippen molar-refractivity contribution in [2.45, 2.75) is 103 Å².